The smallest absolute Gasteiger partial charge is 0.416 e. The van der Waals surface area contributed by atoms with Crippen molar-refractivity contribution in [1.82, 2.24) is 29.5 Å². The van der Waals surface area contributed by atoms with Crippen LogP contribution >= 0.6 is 0 Å². The quantitative estimate of drug-likeness (QED) is 0.288. The maximum atomic E-state index is 14.0. The molecule has 2 aromatic carbocycles. The summed E-state index contributed by atoms with van der Waals surface area (Å²) in [4.78, 5) is 25.8. The van der Waals surface area contributed by atoms with Crippen LogP contribution in [0.3, 0.4) is 0 Å². The maximum absolute atomic E-state index is 14.0. The van der Waals surface area contributed by atoms with Gasteiger partial charge in [-0.05, 0) is 49.4 Å². The molecule has 0 radical (unpaired) electrons. The van der Waals surface area contributed by atoms with Crippen molar-refractivity contribution >= 4 is 23.2 Å². The van der Waals surface area contributed by atoms with Crippen molar-refractivity contribution in [3.63, 3.8) is 0 Å². The molecule has 0 bridgehead atoms. The van der Waals surface area contributed by atoms with Crippen LogP contribution in [0.25, 0.3) is 0 Å². The van der Waals surface area contributed by atoms with Crippen LogP contribution in [0, 0.1) is 18.8 Å². The van der Waals surface area contributed by atoms with E-state index in [1.807, 2.05) is 18.9 Å². The Morgan fingerprint density at radius 1 is 1.02 bits per heavy atom. The van der Waals surface area contributed by atoms with Gasteiger partial charge >= 0.3 is 6.18 Å². The number of piperazine rings is 1. The van der Waals surface area contributed by atoms with E-state index in [1.165, 1.54) is 19.2 Å². The SMILES string of the molecule is COc1nn(C)cc1Nc1ncc(C#Cc2cc(C(=O)Nc3ccc(CN4CCN(C)CC4)c(C(F)(F)F)c3)ccc2C)cn1. The van der Waals surface area contributed by atoms with Gasteiger partial charge in [0.2, 0.25) is 5.95 Å². The van der Waals surface area contributed by atoms with Gasteiger partial charge in [-0.1, -0.05) is 24.0 Å². The Labute approximate surface area is 259 Å². The topological polar surface area (TPSA) is 100 Å². The summed E-state index contributed by atoms with van der Waals surface area (Å²) in [6, 6.07) is 8.91. The number of halogens is 3. The molecule has 2 aromatic heterocycles. The number of carbonyl (C=O) groups is 1. The average Bonchev–Trinajstić information content (AvgIpc) is 3.37. The molecule has 1 amide bonds. The van der Waals surface area contributed by atoms with E-state index >= 15 is 0 Å². The van der Waals surface area contributed by atoms with Crippen LogP contribution in [-0.2, 0) is 19.8 Å². The minimum Gasteiger partial charge on any atom is -0.478 e. The van der Waals surface area contributed by atoms with Crippen LogP contribution in [0.2, 0.25) is 0 Å². The fourth-order valence-electron chi connectivity index (χ4n) is 4.83. The van der Waals surface area contributed by atoms with Crippen LogP contribution < -0.4 is 15.4 Å². The van der Waals surface area contributed by atoms with Gasteiger partial charge in [-0.3, -0.25) is 14.4 Å². The van der Waals surface area contributed by atoms with Crippen LogP contribution in [0.4, 0.5) is 30.5 Å². The molecule has 3 heterocycles. The number of aromatic nitrogens is 4. The third-order valence-corrected chi connectivity index (χ3v) is 7.39. The molecule has 2 N–H and O–H groups in total. The highest BCUT2D eigenvalue weighted by atomic mass is 19.4. The minimum atomic E-state index is -4.56. The Hall–Kier alpha value is -4.93. The summed E-state index contributed by atoms with van der Waals surface area (Å²) in [5.41, 5.74) is 2.34. The molecular formula is C32H33F3N8O2. The van der Waals surface area contributed by atoms with Gasteiger partial charge in [0, 0.05) is 69.0 Å². The Kier molecular flexibility index (Phi) is 9.36. The molecule has 4 aromatic rings. The highest BCUT2D eigenvalue weighted by Crippen LogP contribution is 2.35. The summed E-state index contributed by atoms with van der Waals surface area (Å²) in [5, 5.41) is 9.83. The van der Waals surface area contributed by atoms with Crippen molar-refractivity contribution in [2.45, 2.75) is 19.6 Å². The van der Waals surface area contributed by atoms with E-state index in [4.69, 9.17) is 4.74 Å². The van der Waals surface area contributed by atoms with E-state index < -0.39 is 17.6 Å². The summed E-state index contributed by atoms with van der Waals surface area (Å²) in [5.74, 6) is 6.23. The molecule has 1 aliphatic heterocycles. The number of alkyl halides is 3. The van der Waals surface area contributed by atoms with Crippen molar-refractivity contribution < 1.29 is 22.7 Å². The molecule has 0 spiro atoms. The number of carbonyl (C=O) groups excluding carboxylic acids is 1. The van der Waals surface area contributed by atoms with E-state index in [-0.39, 0.29) is 23.4 Å². The molecule has 10 nitrogen and oxygen atoms in total. The lowest BCUT2D eigenvalue weighted by atomic mass is 10.0. The fraction of sp³-hybridized carbons (Fsp3) is 0.312. The third kappa shape index (κ3) is 7.97. The predicted octanol–water partition coefficient (Wildman–Crippen LogP) is 4.69. The van der Waals surface area contributed by atoms with Gasteiger partial charge in [-0.25, -0.2) is 9.97 Å². The summed E-state index contributed by atoms with van der Waals surface area (Å²) < 4.78 is 48.8. The zero-order valence-electron chi connectivity index (χ0n) is 25.4. The molecule has 45 heavy (non-hydrogen) atoms. The second-order valence-electron chi connectivity index (χ2n) is 10.8. The molecule has 0 unspecified atom stereocenters. The normalized spacial score (nSPS) is 14.0. The number of rotatable bonds is 7. The van der Waals surface area contributed by atoms with Crippen molar-refractivity contribution in [3.05, 3.63) is 88.4 Å². The van der Waals surface area contributed by atoms with Crippen LogP contribution in [0.15, 0.2) is 55.0 Å². The average molecular weight is 619 g/mol. The van der Waals surface area contributed by atoms with Gasteiger partial charge in [-0.15, -0.1) is 5.10 Å². The molecular weight excluding hydrogens is 585 g/mol. The number of aryl methyl sites for hydroxylation is 2. The molecule has 234 valence electrons. The molecule has 1 fully saturated rings. The standard InChI is InChI=1S/C32H33F3N8O2/c1-21-5-7-24(15-23(21)8-6-22-17-36-31(37-18-22)39-28-20-42(3)40-30(28)45-4)29(44)38-26-10-9-25(27(16-26)32(33,34)35)19-43-13-11-41(2)12-14-43/h5,7,9-10,15-18,20H,11-14,19H2,1-4H3,(H,38,44)(H,36,37,39). The van der Waals surface area contributed by atoms with Crippen LogP contribution in [-0.4, -0.2) is 75.8 Å². The lowest BCUT2D eigenvalue weighted by Gasteiger charge is -2.33. The van der Waals surface area contributed by atoms with Crippen molar-refractivity contribution in [3.8, 4) is 17.7 Å². The first-order chi connectivity index (χ1) is 21.5. The molecule has 0 saturated carbocycles. The highest BCUT2D eigenvalue weighted by Gasteiger charge is 2.34. The van der Waals surface area contributed by atoms with E-state index in [1.54, 1.807) is 48.5 Å². The minimum absolute atomic E-state index is 0.0670. The number of ether oxygens (including phenoxy) is 1. The zero-order chi connectivity index (χ0) is 32.1. The predicted molar refractivity (Wildman–Crippen MR) is 164 cm³/mol. The Balaban J connectivity index is 1.28. The van der Waals surface area contributed by atoms with Crippen LogP contribution in [0.5, 0.6) is 5.88 Å². The first kappa shape index (κ1) is 31.5. The van der Waals surface area contributed by atoms with E-state index in [0.717, 1.165) is 24.7 Å². The molecule has 0 atom stereocenters. The largest absolute Gasteiger partial charge is 0.478 e. The van der Waals surface area contributed by atoms with Crippen molar-refractivity contribution in [2.75, 3.05) is 51.0 Å². The Morgan fingerprint density at radius 3 is 2.44 bits per heavy atom. The number of nitrogens with one attached hydrogen (secondary N) is 2. The van der Waals surface area contributed by atoms with Crippen LogP contribution in [0.1, 0.15) is 38.2 Å². The number of anilines is 3. The first-order valence-corrected chi connectivity index (χ1v) is 14.2. The number of hydrogen-bond acceptors (Lipinski definition) is 8. The first-order valence-electron chi connectivity index (χ1n) is 14.2. The molecule has 1 saturated heterocycles. The lowest BCUT2D eigenvalue weighted by molar-refractivity contribution is -0.138. The number of nitrogens with zero attached hydrogens (tertiary/aromatic N) is 6. The maximum Gasteiger partial charge on any atom is 0.416 e. The van der Waals surface area contributed by atoms with E-state index in [9.17, 15) is 18.0 Å². The van der Waals surface area contributed by atoms with Crippen molar-refractivity contribution in [2.24, 2.45) is 7.05 Å². The van der Waals surface area contributed by atoms with Gasteiger partial charge in [0.1, 0.15) is 5.69 Å². The van der Waals surface area contributed by atoms with E-state index in [0.29, 0.717) is 41.7 Å². The highest BCUT2D eigenvalue weighted by molar-refractivity contribution is 6.04. The summed E-state index contributed by atoms with van der Waals surface area (Å²) >= 11 is 0. The zero-order valence-corrected chi connectivity index (χ0v) is 25.4. The molecule has 1 aliphatic rings. The second-order valence-corrected chi connectivity index (χ2v) is 10.8. The number of amides is 1. The summed E-state index contributed by atoms with van der Waals surface area (Å²) in [7, 11) is 5.28. The summed E-state index contributed by atoms with van der Waals surface area (Å²) in [6.45, 7) is 5.05. The molecule has 5 rings (SSSR count). The Morgan fingerprint density at radius 2 is 1.76 bits per heavy atom. The molecule has 0 aliphatic carbocycles. The van der Waals surface area contributed by atoms with Gasteiger partial charge < -0.3 is 20.3 Å². The van der Waals surface area contributed by atoms with Gasteiger partial charge in [0.05, 0.1) is 24.4 Å². The molecule has 13 heteroatoms. The van der Waals surface area contributed by atoms with Gasteiger partial charge in [0.15, 0.2) is 0 Å². The van der Waals surface area contributed by atoms with E-state index in [2.05, 4.69) is 42.4 Å². The number of benzene rings is 2. The number of methoxy groups -OCH3 is 1. The monoisotopic (exact) mass is 618 g/mol. The van der Waals surface area contributed by atoms with Crippen molar-refractivity contribution in [1.29, 1.82) is 0 Å². The van der Waals surface area contributed by atoms with Gasteiger partial charge in [-0.2, -0.15) is 13.2 Å². The fourth-order valence-corrected chi connectivity index (χ4v) is 4.83. The number of hydrogen-bond donors (Lipinski definition) is 2. The van der Waals surface area contributed by atoms with Gasteiger partial charge in [0.25, 0.3) is 11.8 Å². The Bertz CT molecular complexity index is 1730. The lowest BCUT2D eigenvalue weighted by Crippen LogP contribution is -2.44. The third-order valence-electron chi connectivity index (χ3n) is 7.39. The second kappa shape index (κ2) is 13.4. The summed E-state index contributed by atoms with van der Waals surface area (Å²) in [6.07, 6.45) is 0.298. The number of likely N-dealkylation sites (N-methyl/N-ethyl adjacent to an activating group) is 1.